The topological polar surface area (TPSA) is 8.17 Å². The number of hydrogen-bond acceptors (Lipinski definition) is 2. The number of fused-ring (bicyclic) bond motifs is 9. The van der Waals surface area contributed by atoms with E-state index in [0.717, 1.165) is 0 Å². The van der Waals surface area contributed by atoms with Gasteiger partial charge >= 0.3 is 0 Å². The average Bonchev–Trinajstić information content (AvgIpc) is 3.66. The van der Waals surface area contributed by atoms with E-state index in [9.17, 15) is 0 Å². The lowest BCUT2D eigenvalue weighted by Crippen LogP contribution is -2.21. The lowest BCUT2D eigenvalue weighted by molar-refractivity contribution is 0.999. The molecule has 2 bridgehead atoms. The van der Waals surface area contributed by atoms with Gasteiger partial charge in [-0.05, 0) is 107 Å². The molecule has 2 aliphatic rings. The molecule has 0 N–H and O–H groups in total. The van der Waals surface area contributed by atoms with Gasteiger partial charge in [-0.25, -0.2) is 0 Å². The molecule has 7 aromatic carbocycles. The maximum Gasteiger partial charge on any atom is 0.0541 e. The minimum absolute atomic E-state index is 0.289. The van der Waals surface area contributed by atoms with Crippen LogP contribution in [0.3, 0.4) is 0 Å². The fourth-order valence-electron chi connectivity index (χ4n) is 8.36. The monoisotopic (exact) mass is 680 g/mol. The van der Waals surface area contributed by atoms with Crippen molar-refractivity contribution in [2.75, 3.05) is 4.90 Å². The molecular formula is C49H32N2S. The quantitative estimate of drug-likeness (QED) is 0.180. The lowest BCUT2D eigenvalue weighted by atomic mass is 9.91. The highest BCUT2D eigenvalue weighted by atomic mass is 32.1. The van der Waals surface area contributed by atoms with Crippen LogP contribution in [-0.2, 0) is 0 Å². The van der Waals surface area contributed by atoms with Crippen LogP contribution in [0.4, 0.5) is 11.4 Å². The fraction of sp³-hybridized carbons (Fsp3) is 0.0204. The second kappa shape index (κ2) is 11.6. The van der Waals surface area contributed by atoms with E-state index in [-0.39, 0.29) is 5.92 Å². The van der Waals surface area contributed by atoms with Gasteiger partial charge in [-0.3, -0.25) is 0 Å². The molecule has 0 radical (unpaired) electrons. The van der Waals surface area contributed by atoms with E-state index in [1.807, 2.05) is 11.3 Å². The molecular weight excluding hydrogens is 649 g/mol. The van der Waals surface area contributed by atoms with E-state index in [1.165, 1.54) is 92.6 Å². The first kappa shape index (κ1) is 29.3. The Morgan fingerprint density at radius 2 is 1.12 bits per heavy atom. The zero-order valence-corrected chi connectivity index (χ0v) is 29.1. The molecule has 1 aliphatic carbocycles. The molecule has 0 fully saturated rings. The SMILES string of the molecule is C1=CC2=CC(C=C1)c1ccccc1N2c1ccc2sc3ccc(-c4cccc(-c5cccc(-n6c7ccccc7c7ccccc76)c5)c4)cc3c2c1. The summed E-state index contributed by atoms with van der Waals surface area (Å²) in [5.41, 5.74) is 13.5. The fourth-order valence-corrected chi connectivity index (χ4v) is 9.43. The number of anilines is 2. The van der Waals surface area contributed by atoms with Crippen molar-refractivity contribution >= 4 is 64.7 Å². The predicted molar refractivity (Wildman–Crippen MR) is 222 cm³/mol. The summed E-state index contributed by atoms with van der Waals surface area (Å²) in [5, 5.41) is 5.15. The van der Waals surface area contributed by atoms with Crippen LogP contribution in [0.1, 0.15) is 11.5 Å². The van der Waals surface area contributed by atoms with Crippen LogP contribution >= 0.6 is 11.3 Å². The van der Waals surface area contributed by atoms with Crippen LogP contribution < -0.4 is 4.90 Å². The van der Waals surface area contributed by atoms with Gasteiger partial charge in [-0.15, -0.1) is 11.3 Å². The van der Waals surface area contributed by atoms with Crippen LogP contribution in [0.2, 0.25) is 0 Å². The summed E-state index contributed by atoms with van der Waals surface area (Å²) in [7, 11) is 0. The summed E-state index contributed by atoms with van der Waals surface area (Å²) in [6.07, 6.45) is 11.2. The van der Waals surface area contributed by atoms with E-state index < -0.39 is 0 Å². The normalized spacial score (nSPS) is 15.0. The number of rotatable bonds is 4. The van der Waals surface area contributed by atoms with Crippen molar-refractivity contribution in [3.8, 4) is 27.9 Å². The highest BCUT2D eigenvalue weighted by Crippen LogP contribution is 2.45. The summed E-state index contributed by atoms with van der Waals surface area (Å²) in [6.45, 7) is 0. The van der Waals surface area contributed by atoms with E-state index in [0.29, 0.717) is 0 Å². The van der Waals surface area contributed by atoms with Gasteiger partial charge in [0.15, 0.2) is 0 Å². The highest BCUT2D eigenvalue weighted by Gasteiger charge is 2.26. The third kappa shape index (κ3) is 4.56. The Balaban J connectivity index is 0.993. The first-order chi connectivity index (χ1) is 25.8. The Hall–Kier alpha value is -6.42. The maximum absolute atomic E-state index is 2.42. The smallest absolute Gasteiger partial charge is 0.0541 e. The van der Waals surface area contributed by atoms with Crippen LogP contribution in [-0.4, -0.2) is 4.57 Å². The minimum atomic E-state index is 0.289. The molecule has 1 unspecified atom stereocenters. The maximum atomic E-state index is 2.42. The molecule has 9 aromatic rings. The summed E-state index contributed by atoms with van der Waals surface area (Å²) < 4.78 is 5.01. The third-order valence-corrected chi connectivity index (χ3v) is 11.9. The molecule has 0 spiro atoms. The van der Waals surface area contributed by atoms with Crippen LogP contribution in [0, 0.1) is 0 Å². The number of para-hydroxylation sites is 3. The second-order valence-corrected chi connectivity index (χ2v) is 14.8. The van der Waals surface area contributed by atoms with Crippen molar-refractivity contribution in [2.24, 2.45) is 0 Å². The Bertz CT molecular complexity index is 2930. The van der Waals surface area contributed by atoms with E-state index in [2.05, 4.69) is 198 Å². The van der Waals surface area contributed by atoms with Crippen molar-refractivity contribution < 1.29 is 0 Å². The van der Waals surface area contributed by atoms with Crippen molar-refractivity contribution in [3.63, 3.8) is 0 Å². The van der Waals surface area contributed by atoms with Gasteiger partial charge in [0.1, 0.15) is 0 Å². The van der Waals surface area contributed by atoms with E-state index in [1.54, 1.807) is 0 Å². The van der Waals surface area contributed by atoms with E-state index >= 15 is 0 Å². The number of allylic oxidation sites excluding steroid dienone is 5. The molecule has 52 heavy (non-hydrogen) atoms. The average molecular weight is 681 g/mol. The molecule has 0 saturated heterocycles. The second-order valence-electron chi connectivity index (χ2n) is 13.7. The van der Waals surface area contributed by atoms with Gasteiger partial charge in [-0.2, -0.15) is 0 Å². The number of thiophene rings is 1. The molecule has 2 nitrogen and oxygen atoms in total. The first-order valence-corrected chi connectivity index (χ1v) is 18.7. The van der Waals surface area contributed by atoms with Crippen LogP contribution in [0.15, 0.2) is 194 Å². The molecule has 0 saturated carbocycles. The Morgan fingerprint density at radius 3 is 1.92 bits per heavy atom. The number of benzene rings is 7. The van der Waals surface area contributed by atoms with Crippen LogP contribution in [0.5, 0.6) is 0 Å². The first-order valence-electron chi connectivity index (χ1n) is 17.9. The largest absolute Gasteiger partial charge is 0.310 e. The van der Waals surface area contributed by atoms with Gasteiger partial charge in [0.2, 0.25) is 0 Å². The summed E-state index contributed by atoms with van der Waals surface area (Å²) in [5.74, 6) is 0.289. The molecule has 2 aromatic heterocycles. The van der Waals surface area contributed by atoms with Gasteiger partial charge in [0.25, 0.3) is 0 Å². The standard InChI is InChI=1S/C49H32N2S/c1-2-15-37-29-36(11-1)40-17-3-6-20-45(40)50(37)39-24-26-49-44(31-39)43-30-35(23-25-48(43)52-49)33-13-9-12-32(27-33)34-14-10-16-38(28-34)51-46-21-7-4-18-41(46)42-19-5-8-22-47(42)51/h1-31,36H. The summed E-state index contributed by atoms with van der Waals surface area (Å²) >= 11 is 1.87. The van der Waals surface area contributed by atoms with E-state index in [4.69, 9.17) is 0 Å². The van der Waals surface area contributed by atoms with Gasteiger partial charge in [-0.1, -0.05) is 109 Å². The Labute approximate surface area is 306 Å². The summed E-state index contributed by atoms with van der Waals surface area (Å²) in [6, 6.07) is 58.1. The summed E-state index contributed by atoms with van der Waals surface area (Å²) in [4.78, 5) is 2.42. The molecule has 1 atom stereocenters. The molecule has 244 valence electrons. The van der Waals surface area contributed by atoms with Gasteiger partial charge in [0.05, 0.1) is 16.7 Å². The molecule has 3 heterocycles. The molecule has 11 rings (SSSR count). The number of aromatic nitrogens is 1. The predicted octanol–water partition coefficient (Wildman–Crippen LogP) is 13.7. The number of hydrogen-bond donors (Lipinski definition) is 0. The minimum Gasteiger partial charge on any atom is -0.310 e. The zero-order valence-electron chi connectivity index (χ0n) is 28.3. The number of nitrogens with zero attached hydrogens (tertiary/aromatic N) is 2. The molecule has 3 heteroatoms. The van der Waals surface area contributed by atoms with Crippen molar-refractivity contribution in [3.05, 3.63) is 199 Å². The zero-order chi connectivity index (χ0) is 34.2. The lowest BCUT2D eigenvalue weighted by Gasteiger charge is -2.33. The van der Waals surface area contributed by atoms with Gasteiger partial charge < -0.3 is 9.47 Å². The Morgan fingerprint density at radius 1 is 0.462 bits per heavy atom. The van der Waals surface area contributed by atoms with Gasteiger partial charge in [0, 0.05) is 53.9 Å². The molecule has 1 aliphatic heterocycles. The molecule has 0 amide bonds. The van der Waals surface area contributed by atoms with Crippen LogP contribution in [0.25, 0.3) is 69.9 Å². The highest BCUT2D eigenvalue weighted by molar-refractivity contribution is 7.25. The van der Waals surface area contributed by atoms with Crippen molar-refractivity contribution in [1.82, 2.24) is 4.57 Å². The Kier molecular flexibility index (Phi) is 6.52. The third-order valence-electron chi connectivity index (χ3n) is 10.8. The van der Waals surface area contributed by atoms with Crippen molar-refractivity contribution in [2.45, 2.75) is 5.92 Å². The van der Waals surface area contributed by atoms with Crippen molar-refractivity contribution in [1.29, 1.82) is 0 Å².